The highest BCUT2D eigenvalue weighted by atomic mass is 127. The van der Waals surface area contributed by atoms with Crippen molar-refractivity contribution in [3.8, 4) is 21.7 Å². The molecule has 0 aliphatic heterocycles. The summed E-state index contributed by atoms with van der Waals surface area (Å²) >= 11 is 3.20. The van der Waals surface area contributed by atoms with E-state index in [1.165, 1.54) is 11.3 Å². The van der Waals surface area contributed by atoms with Gasteiger partial charge in [-0.3, -0.25) is 10.1 Å². The summed E-state index contributed by atoms with van der Waals surface area (Å²) in [6, 6.07) is 20.1. The molecule has 5 heteroatoms. The van der Waals surface area contributed by atoms with Crippen LogP contribution in [0.15, 0.2) is 60.7 Å². The maximum atomic E-state index is 11.2. The Kier molecular flexibility index (Phi) is 4.31. The van der Waals surface area contributed by atoms with Crippen LogP contribution >= 0.6 is 33.9 Å². The Morgan fingerprint density at radius 3 is 2.10 bits per heavy atom. The van der Waals surface area contributed by atoms with Crippen LogP contribution in [0.1, 0.15) is 0 Å². The highest BCUT2D eigenvalue weighted by Crippen LogP contribution is 2.38. The van der Waals surface area contributed by atoms with Gasteiger partial charge in [0.15, 0.2) is 5.13 Å². The maximum Gasteiger partial charge on any atom is 0.286 e. The molecule has 0 aliphatic carbocycles. The quantitative estimate of drug-likeness (QED) is 0.357. The minimum atomic E-state index is -0.138. The Hall–Kier alpha value is -1.73. The number of aromatic nitrogens is 1. The molecule has 1 aromatic heterocycles. The smallest absolute Gasteiger partial charge is 0.286 e. The van der Waals surface area contributed by atoms with E-state index in [1.807, 2.05) is 48.5 Å². The van der Waals surface area contributed by atoms with E-state index in [1.54, 1.807) is 22.6 Å². The van der Waals surface area contributed by atoms with Gasteiger partial charge in [0, 0.05) is 28.2 Å². The van der Waals surface area contributed by atoms with E-state index >= 15 is 0 Å². The predicted molar refractivity (Wildman–Crippen MR) is 96.0 cm³/mol. The maximum absolute atomic E-state index is 11.2. The van der Waals surface area contributed by atoms with Gasteiger partial charge in [0.25, 0.3) is 3.91 Å². The van der Waals surface area contributed by atoms with Crippen molar-refractivity contribution < 1.29 is 4.79 Å². The van der Waals surface area contributed by atoms with E-state index in [9.17, 15) is 4.79 Å². The molecule has 0 spiro atoms. The summed E-state index contributed by atoms with van der Waals surface area (Å²) in [5, 5.41) is 3.38. The molecule has 0 unspecified atom stereocenters. The Labute approximate surface area is 140 Å². The molecule has 0 atom stereocenters. The van der Waals surface area contributed by atoms with Gasteiger partial charge in [0.2, 0.25) is 0 Å². The Bertz CT molecular complexity index is 699. The molecular formula is C16H11IN2OS. The van der Waals surface area contributed by atoms with E-state index in [0.717, 1.165) is 21.7 Å². The van der Waals surface area contributed by atoms with Crippen LogP contribution in [0.4, 0.5) is 9.93 Å². The molecule has 0 bridgehead atoms. The summed E-state index contributed by atoms with van der Waals surface area (Å²) in [6.45, 7) is 0. The van der Waals surface area contributed by atoms with Crippen LogP contribution in [0.3, 0.4) is 0 Å². The second kappa shape index (κ2) is 6.36. The van der Waals surface area contributed by atoms with Crippen LogP contribution in [-0.2, 0) is 0 Å². The van der Waals surface area contributed by atoms with Gasteiger partial charge in [0.05, 0.1) is 10.6 Å². The largest absolute Gasteiger partial charge is 0.293 e. The molecule has 0 fully saturated rings. The van der Waals surface area contributed by atoms with Crippen molar-refractivity contribution in [3.63, 3.8) is 0 Å². The first-order valence-corrected chi connectivity index (χ1v) is 8.22. The average molecular weight is 406 g/mol. The molecule has 0 saturated heterocycles. The van der Waals surface area contributed by atoms with Gasteiger partial charge in [-0.25, -0.2) is 4.98 Å². The van der Waals surface area contributed by atoms with Crippen LogP contribution in [0.25, 0.3) is 21.7 Å². The zero-order valence-electron chi connectivity index (χ0n) is 10.9. The van der Waals surface area contributed by atoms with Crippen molar-refractivity contribution in [3.05, 3.63) is 60.7 Å². The van der Waals surface area contributed by atoms with Crippen molar-refractivity contribution in [1.82, 2.24) is 4.98 Å². The van der Waals surface area contributed by atoms with E-state index in [-0.39, 0.29) is 3.91 Å². The fourth-order valence-corrected chi connectivity index (χ4v) is 3.46. The van der Waals surface area contributed by atoms with Crippen molar-refractivity contribution >= 4 is 43.0 Å². The summed E-state index contributed by atoms with van der Waals surface area (Å²) in [5.41, 5.74) is 3.04. The Balaban J connectivity index is 2.13. The van der Waals surface area contributed by atoms with Gasteiger partial charge in [-0.15, -0.1) is 0 Å². The Morgan fingerprint density at radius 2 is 1.52 bits per heavy atom. The van der Waals surface area contributed by atoms with Crippen LogP contribution in [0.2, 0.25) is 0 Å². The van der Waals surface area contributed by atoms with E-state index in [2.05, 4.69) is 22.4 Å². The fourth-order valence-electron chi connectivity index (χ4n) is 2.03. The normalized spacial score (nSPS) is 10.3. The third-order valence-corrected chi connectivity index (χ3v) is 4.21. The minimum absolute atomic E-state index is 0.138. The van der Waals surface area contributed by atoms with E-state index < -0.39 is 0 Å². The number of halogens is 1. The lowest BCUT2D eigenvalue weighted by atomic mass is 10.1. The first-order chi connectivity index (χ1) is 10.2. The van der Waals surface area contributed by atoms with Gasteiger partial charge in [0.1, 0.15) is 0 Å². The molecule has 21 heavy (non-hydrogen) atoms. The summed E-state index contributed by atoms with van der Waals surface area (Å²) in [7, 11) is 0. The molecule has 1 N–H and O–H groups in total. The number of thiazole rings is 1. The Morgan fingerprint density at radius 1 is 0.952 bits per heavy atom. The van der Waals surface area contributed by atoms with Crippen LogP contribution in [-0.4, -0.2) is 8.90 Å². The first kappa shape index (κ1) is 14.2. The second-order valence-electron chi connectivity index (χ2n) is 4.33. The number of amides is 1. The minimum Gasteiger partial charge on any atom is -0.293 e. The number of hydrogen-bond acceptors (Lipinski definition) is 3. The number of anilines is 1. The standard InChI is InChI=1S/C16H11IN2OS/c17-15(20)19-16-18-13(11-7-3-1-4-8-11)14(21-16)12-9-5-2-6-10-12/h1-10H,(H,18,19,20). The zero-order valence-corrected chi connectivity index (χ0v) is 13.9. The molecule has 0 aliphatic rings. The molecule has 3 aromatic rings. The van der Waals surface area contributed by atoms with Gasteiger partial charge in [-0.1, -0.05) is 72.0 Å². The lowest BCUT2D eigenvalue weighted by Crippen LogP contribution is -1.99. The molecule has 0 radical (unpaired) electrons. The third kappa shape index (κ3) is 3.30. The number of hydrogen-bond donors (Lipinski definition) is 1. The summed E-state index contributed by atoms with van der Waals surface area (Å²) in [4.78, 5) is 16.9. The van der Waals surface area contributed by atoms with Crippen molar-refractivity contribution in [2.75, 3.05) is 5.32 Å². The molecule has 3 rings (SSSR count). The van der Waals surface area contributed by atoms with Crippen LogP contribution < -0.4 is 5.32 Å². The van der Waals surface area contributed by atoms with Crippen molar-refractivity contribution in [1.29, 1.82) is 0 Å². The number of carbonyl (C=O) groups excluding carboxylic acids is 1. The van der Waals surface area contributed by atoms with Gasteiger partial charge < -0.3 is 0 Å². The number of nitrogens with one attached hydrogen (secondary N) is 1. The first-order valence-electron chi connectivity index (χ1n) is 6.32. The average Bonchev–Trinajstić information content (AvgIpc) is 2.92. The zero-order chi connectivity index (χ0) is 14.7. The van der Waals surface area contributed by atoms with Crippen molar-refractivity contribution in [2.24, 2.45) is 0 Å². The number of rotatable bonds is 3. The second-order valence-corrected chi connectivity index (χ2v) is 6.31. The molecule has 104 valence electrons. The highest BCUT2D eigenvalue weighted by Gasteiger charge is 2.15. The van der Waals surface area contributed by atoms with Gasteiger partial charge >= 0.3 is 0 Å². The number of benzene rings is 2. The van der Waals surface area contributed by atoms with Crippen LogP contribution in [0.5, 0.6) is 0 Å². The van der Waals surface area contributed by atoms with Gasteiger partial charge in [-0.05, 0) is 5.56 Å². The lowest BCUT2D eigenvalue weighted by Gasteiger charge is -2.02. The third-order valence-electron chi connectivity index (χ3n) is 2.92. The highest BCUT2D eigenvalue weighted by molar-refractivity contribution is 14.1. The molecule has 3 nitrogen and oxygen atoms in total. The monoisotopic (exact) mass is 406 g/mol. The summed E-state index contributed by atoms with van der Waals surface area (Å²) < 4.78 is -0.138. The molecule has 2 aromatic carbocycles. The molecule has 0 saturated carbocycles. The van der Waals surface area contributed by atoms with Gasteiger partial charge in [-0.2, -0.15) is 0 Å². The summed E-state index contributed by atoms with van der Waals surface area (Å²) in [6.07, 6.45) is 0. The van der Waals surface area contributed by atoms with E-state index in [0.29, 0.717) is 5.13 Å². The predicted octanol–water partition coefficient (Wildman–Crippen LogP) is 5.44. The molecule has 1 heterocycles. The molecular weight excluding hydrogens is 395 g/mol. The van der Waals surface area contributed by atoms with E-state index in [4.69, 9.17) is 0 Å². The SMILES string of the molecule is O=C(I)Nc1nc(-c2ccccc2)c(-c2ccccc2)s1. The van der Waals surface area contributed by atoms with Crippen molar-refractivity contribution in [2.45, 2.75) is 0 Å². The topological polar surface area (TPSA) is 42.0 Å². The molecule has 1 amide bonds. The summed E-state index contributed by atoms with van der Waals surface area (Å²) in [5.74, 6) is 0. The fraction of sp³-hybridized carbons (Fsp3) is 0. The number of nitrogens with zero attached hydrogens (tertiary/aromatic N) is 1. The van der Waals surface area contributed by atoms with Crippen LogP contribution in [0, 0.1) is 0 Å². The number of carbonyl (C=O) groups is 1. The lowest BCUT2D eigenvalue weighted by molar-refractivity contribution is 0.272.